The summed E-state index contributed by atoms with van der Waals surface area (Å²) in [5, 5.41) is 11.1. The standard InChI is InChI=1S/C19H13ClN2O7/c1-10(23)28-17-8-11(3-6-16(17)27-2)7-15-19(24)29-18(21-15)13-9-12(22(25)26)4-5-14(13)20/h3-9H,1-2H3/b15-7+. The first-order chi connectivity index (χ1) is 13.8. The molecule has 1 aliphatic heterocycles. The van der Waals surface area contributed by atoms with E-state index in [1.54, 1.807) is 12.1 Å². The van der Waals surface area contributed by atoms with E-state index in [0.29, 0.717) is 11.3 Å². The first kappa shape index (κ1) is 20.0. The molecule has 0 amide bonds. The number of nitro groups is 1. The molecule has 1 heterocycles. The number of carbonyl (C=O) groups excluding carboxylic acids is 2. The van der Waals surface area contributed by atoms with E-state index >= 15 is 0 Å². The average Bonchev–Trinajstić information content (AvgIpc) is 3.02. The highest BCUT2D eigenvalue weighted by Gasteiger charge is 2.27. The minimum absolute atomic E-state index is 0.0542. The van der Waals surface area contributed by atoms with E-state index in [0.717, 1.165) is 0 Å². The summed E-state index contributed by atoms with van der Waals surface area (Å²) in [5.74, 6) is -0.930. The molecule has 0 saturated carbocycles. The maximum Gasteiger partial charge on any atom is 0.363 e. The number of ether oxygens (including phenoxy) is 3. The maximum atomic E-state index is 12.2. The van der Waals surface area contributed by atoms with Crippen LogP contribution in [0, 0.1) is 10.1 Å². The summed E-state index contributed by atoms with van der Waals surface area (Å²) in [6, 6.07) is 8.40. The minimum atomic E-state index is -0.757. The molecule has 2 aromatic rings. The van der Waals surface area contributed by atoms with Gasteiger partial charge < -0.3 is 14.2 Å². The quantitative estimate of drug-likeness (QED) is 0.240. The summed E-state index contributed by atoms with van der Waals surface area (Å²) in [6.45, 7) is 1.25. The number of hydrogen-bond donors (Lipinski definition) is 0. The van der Waals surface area contributed by atoms with Crippen molar-refractivity contribution in [3.8, 4) is 11.5 Å². The van der Waals surface area contributed by atoms with Crippen LogP contribution in [0.2, 0.25) is 5.02 Å². The van der Waals surface area contributed by atoms with E-state index in [9.17, 15) is 19.7 Å². The van der Waals surface area contributed by atoms with Crippen LogP contribution in [0.15, 0.2) is 47.1 Å². The lowest BCUT2D eigenvalue weighted by Crippen LogP contribution is -2.06. The SMILES string of the molecule is COc1ccc(/C=C2/N=C(c3cc([N+](=O)[O-])ccc3Cl)OC2=O)cc1OC(C)=O. The number of halogens is 1. The third-order valence-electron chi connectivity index (χ3n) is 3.76. The van der Waals surface area contributed by atoms with Crippen molar-refractivity contribution in [2.75, 3.05) is 7.11 Å². The van der Waals surface area contributed by atoms with Crippen molar-refractivity contribution in [3.63, 3.8) is 0 Å². The van der Waals surface area contributed by atoms with E-state index in [1.807, 2.05) is 0 Å². The van der Waals surface area contributed by atoms with Gasteiger partial charge in [0, 0.05) is 19.1 Å². The van der Waals surface area contributed by atoms with E-state index in [1.165, 1.54) is 44.4 Å². The number of nitro benzene ring substituents is 1. The Morgan fingerprint density at radius 2 is 2.00 bits per heavy atom. The first-order valence-corrected chi connectivity index (χ1v) is 8.49. The molecule has 9 nitrogen and oxygen atoms in total. The third-order valence-corrected chi connectivity index (χ3v) is 4.09. The van der Waals surface area contributed by atoms with Gasteiger partial charge >= 0.3 is 11.9 Å². The lowest BCUT2D eigenvalue weighted by molar-refractivity contribution is -0.384. The molecule has 10 heteroatoms. The number of rotatable bonds is 5. The molecule has 3 rings (SSSR count). The highest BCUT2D eigenvalue weighted by atomic mass is 35.5. The average molecular weight is 417 g/mol. The van der Waals surface area contributed by atoms with Crippen molar-refractivity contribution in [1.29, 1.82) is 0 Å². The summed E-state index contributed by atoms with van der Waals surface area (Å²) in [5.41, 5.74) is 0.334. The molecule has 0 fully saturated rings. The van der Waals surface area contributed by atoms with Crippen molar-refractivity contribution in [2.45, 2.75) is 6.92 Å². The molecule has 0 aromatic heterocycles. The third kappa shape index (κ3) is 4.41. The zero-order valence-corrected chi connectivity index (χ0v) is 15.9. The number of carbonyl (C=O) groups is 2. The molecule has 0 N–H and O–H groups in total. The number of nitrogens with zero attached hydrogens (tertiary/aromatic N) is 2. The number of esters is 2. The zero-order valence-electron chi connectivity index (χ0n) is 15.2. The summed E-state index contributed by atoms with van der Waals surface area (Å²) in [4.78, 5) is 37.9. The van der Waals surface area contributed by atoms with Crippen LogP contribution >= 0.6 is 11.6 Å². The second-order valence-electron chi connectivity index (χ2n) is 5.76. The normalized spacial score (nSPS) is 14.4. The Morgan fingerprint density at radius 3 is 2.66 bits per heavy atom. The molecule has 2 aromatic carbocycles. The Bertz CT molecular complexity index is 1090. The summed E-state index contributed by atoms with van der Waals surface area (Å²) in [7, 11) is 1.42. The van der Waals surface area contributed by atoms with Crippen LogP contribution in [0.5, 0.6) is 11.5 Å². The Kier molecular flexibility index (Phi) is 5.60. The van der Waals surface area contributed by atoms with Gasteiger partial charge in [-0.15, -0.1) is 0 Å². The molecule has 0 unspecified atom stereocenters. The predicted octanol–water partition coefficient (Wildman–Crippen LogP) is 3.53. The number of cyclic esters (lactones) is 1. The molecule has 0 bridgehead atoms. The van der Waals surface area contributed by atoms with Gasteiger partial charge in [0.15, 0.2) is 17.2 Å². The molecule has 148 valence electrons. The largest absolute Gasteiger partial charge is 0.493 e. The summed E-state index contributed by atoms with van der Waals surface area (Å²) in [6.07, 6.45) is 1.41. The Labute approximate surface area is 169 Å². The van der Waals surface area contributed by atoms with Crippen molar-refractivity contribution < 1.29 is 28.7 Å². The molecular weight excluding hydrogens is 404 g/mol. The second kappa shape index (κ2) is 8.11. The van der Waals surface area contributed by atoms with Gasteiger partial charge in [-0.25, -0.2) is 9.79 Å². The fourth-order valence-corrected chi connectivity index (χ4v) is 2.69. The van der Waals surface area contributed by atoms with Gasteiger partial charge in [-0.3, -0.25) is 14.9 Å². The monoisotopic (exact) mass is 416 g/mol. The van der Waals surface area contributed by atoms with E-state index in [4.69, 9.17) is 25.8 Å². The second-order valence-corrected chi connectivity index (χ2v) is 6.17. The Morgan fingerprint density at radius 1 is 1.24 bits per heavy atom. The van der Waals surface area contributed by atoms with Gasteiger partial charge in [0.1, 0.15) is 0 Å². The number of aliphatic imine (C=N–C) groups is 1. The van der Waals surface area contributed by atoms with Gasteiger partial charge in [0.2, 0.25) is 5.90 Å². The van der Waals surface area contributed by atoms with Crippen molar-refractivity contribution in [1.82, 2.24) is 0 Å². The Hall–Kier alpha value is -3.72. The van der Waals surface area contributed by atoms with Crippen molar-refractivity contribution >= 4 is 41.2 Å². The predicted molar refractivity (Wildman–Crippen MR) is 103 cm³/mol. The van der Waals surface area contributed by atoms with Crippen LogP contribution in [0.1, 0.15) is 18.1 Å². The zero-order chi connectivity index (χ0) is 21.1. The van der Waals surface area contributed by atoms with Crippen LogP contribution in [0.4, 0.5) is 5.69 Å². The minimum Gasteiger partial charge on any atom is -0.493 e. The van der Waals surface area contributed by atoms with Crippen molar-refractivity contribution in [2.24, 2.45) is 4.99 Å². The van der Waals surface area contributed by atoms with Crippen LogP contribution < -0.4 is 9.47 Å². The lowest BCUT2D eigenvalue weighted by Gasteiger charge is -2.08. The van der Waals surface area contributed by atoms with Crippen molar-refractivity contribution in [3.05, 3.63) is 68.4 Å². The number of methoxy groups -OCH3 is 1. The molecule has 29 heavy (non-hydrogen) atoms. The smallest absolute Gasteiger partial charge is 0.363 e. The van der Waals surface area contributed by atoms with Crippen LogP contribution in [0.25, 0.3) is 6.08 Å². The molecule has 1 aliphatic rings. The van der Waals surface area contributed by atoms with Crippen LogP contribution in [0.3, 0.4) is 0 Å². The topological polar surface area (TPSA) is 117 Å². The molecule has 0 atom stereocenters. The highest BCUT2D eigenvalue weighted by Crippen LogP contribution is 2.31. The van der Waals surface area contributed by atoms with Gasteiger partial charge in [0.05, 0.1) is 22.6 Å². The maximum absolute atomic E-state index is 12.2. The molecule has 0 radical (unpaired) electrons. The number of non-ortho nitro benzene ring substituents is 1. The van der Waals surface area contributed by atoms with Gasteiger partial charge in [-0.1, -0.05) is 17.7 Å². The lowest BCUT2D eigenvalue weighted by atomic mass is 10.1. The molecule has 0 saturated heterocycles. The molecule has 0 aliphatic carbocycles. The van der Waals surface area contributed by atoms with E-state index in [2.05, 4.69) is 4.99 Å². The number of hydrogen-bond acceptors (Lipinski definition) is 8. The van der Waals surface area contributed by atoms with Gasteiger partial charge in [0.25, 0.3) is 5.69 Å². The first-order valence-electron chi connectivity index (χ1n) is 8.12. The summed E-state index contributed by atoms with van der Waals surface area (Å²) < 4.78 is 15.3. The fraction of sp³-hybridized carbons (Fsp3) is 0.105. The summed E-state index contributed by atoms with van der Waals surface area (Å²) >= 11 is 6.06. The highest BCUT2D eigenvalue weighted by molar-refractivity contribution is 6.34. The number of benzene rings is 2. The van der Waals surface area contributed by atoms with Crippen LogP contribution in [-0.4, -0.2) is 29.9 Å². The Balaban J connectivity index is 1.98. The van der Waals surface area contributed by atoms with Gasteiger partial charge in [-0.05, 0) is 29.8 Å². The van der Waals surface area contributed by atoms with E-state index in [-0.39, 0.29) is 33.6 Å². The molecule has 0 spiro atoms. The molecular formula is C19H13ClN2O7. The van der Waals surface area contributed by atoms with Gasteiger partial charge in [-0.2, -0.15) is 0 Å². The van der Waals surface area contributed by atoms with E-state index < -0.39 is 16.9 Å². The van der Waals surface area contributed by atoms with Crippen LogP contribution in [-0.2, 0) is 14.3 Å². The fourth-order valence-electron chi connectivity index (χ4n) is 2.49.